The number of ether oxygens (including phenoxy) is 2. The molecule has 0 aliphatic rings. The van der Waals surface area contributed by atoms with Gasteiger partial charge in [-0.3, -0.25) is 4.79 Å². The van der Waals surface area contributed by atoms with Crippen molar-refractivity contribution in [1.82, 2.24) is 0 Å². The van der Waals surface area contributed by atoms with Crippen LogP contribution in [0.5, 0.6) is 0 Å². The van der Waals surface area contributed by atoms with Gasteiger partial charge in [-0.05, 0) is 24.0 Å². The zero-order valence-corrected chi connectivity index (χ0v) is 13.6. The highest BCUT2D eigenvalue weighted by molar-refractivity contribution is 5.71. The van der Waals surface area contributed by atoms with Crippen molar-refractivity contribution in [2.24, 2.45) is 5.92 Å². The molecule has 1 atom stereocenters. The normalized spacial score (nSPS) is 11.9. The van der Waals surface area contributed by atoms with Gasteiger partial charge in [-0.1, -0.05) is 67.6 Å². The molecule has 122 valence electrons. The van der Waals surface area contributed by atoms with E-state index in [1.807, 2.05) is 67.6 Å². The van der Waals surface area contributed by atoms with E-state index in [2.05, 4.69) is 0 Å². The fourth-order valence-electron chi connectivity index (χ4n) is 2.24. The molecule has 0 saturated heterocycles. The molecule has 0 aliphatic carbocycles. The summed E-state index contributed by atoms with van der Waals surface area (Å²) in [6.07, 6.45) is 1.64. The first kappa shape index (κ1) is 17.2. The van der Waals surface area contributed by atoms with Crippen molar-refractivity contribution in [3.63, 3.8) is 0 Å². The number of hydrogen-bond acceptors (Lipinski definition) is 3. The van der Waals surface area contributed by atoms with Crippen molar-refractivity contribution in [2.45, 2.75) is 33.0 Å². The maximum atomic E-state index is 11.9. The van der Waals surface area contributed by atoms with Crippen molar-refractivity contribution >= 4 is 5.97 Å². The molecule has 23 heavy (non-hydrogen) atoms. The van der Waals surface area contributed by atoms with Gasteiger partial charge in [0.15, 0.2) is 0 Å². The first-order valence-corrected chi connectivity index (χ1v) is 8.08. The number of rotatable bonds is 9. The molecular formula is C20H24O3. The third kappa shape index (κ3) is 6.66. The number of hydrogen-bond donors (Lipinski definition) is 0. The molecule has 0 fully saturated rings. The lowest BCUT2D eigenvalue weighted by molar-refractivity contribution is -0.149. The van der Waals surface area contributed by atoms with Crippen LogP contribution >= 0.6 is 0 Å². The smallest absolute Gasteiger partial charge is 0.308 e. The van der Waals surface area contributed by atoms with Crippen LogP contribution in [0.2, 0.25) is 0 Å². The van der Waals surface area contributed by atoms with Crippen molar-refractivity contribution in [1.29, 1.82) is 0 Å². The van der Waals surface area contributed by atoms with Crippen molar-refractivity contribution < 1.29 is 14.3 Å². The molecule has 2 rings (SSSR count). The van der Waals surface area contributed by atoms with Crippen LogP contribution in [0.25, 0.3) is 0 Å². The van der Waals surface area contributed by atoms with E-state index in [0.717, 1.165) is 18.4 Å². The first-order chi connectivity index (χ1) is 11.3. The quantitative estimate of drug-likeness (QED) is 0.510. The van der Waals surface area contributed by atoms with Crippen LogP contribution < -0.4 is 0 Å². The Hall–Kier alpha value is -2.13. The summed E-state index contributed by atoms with van der Waals surface area (Å²) >= 11 is 0. The van der Waals surface area contributed by atoms with Crippen molar-refractivity contribution in [3.05, 3.63) is 71.8 Å². The lowest BCUT2D eigenvalue weighted by Crippen LogP contribution is -2.15. The summed E-state index contributed by atoms with van der Waals surface area (Å²) in [5, 5.41) is 0. The summed E-state index contributed by atoms with van der Waals surface area (Å²) in [4.78, 5) is 11.9. The van der Waals surface area contributed by atoms with Crippen LogP contribution in [-0.4, -0.2) is 12.6 Å². The Balaban J connectivity index is 1.57. The van der Waals surface area contributed by atoms with E-state index in [1.165, 1.54) is 5.56 Å². The zero-order chi connectivity index (χ0) is 16.3. The predicted octanol–water partition coefficient (Wildman–Crippen LogP) is 4.36. The van der Waals surface area contributed by atoms with Crippen LogP contribution in [0.15, 0.2) is 60.7 Å². The molecule has 3 nitrogen and oxygen atoms in total. The number of benzene rings is 2. The van der Waals surface area contributed by atoms with E-state index in [4.69, 9.17) is 9.47 Å². The van der Waals surface area contributed by atoms with Crippen LogP contribution in [0.4, 0.5) is 0 Å². The van der Waals surface area contributed by atoms with E-state index in [1.54, 1.807) is 0 Å². The van der Waals surface area contributed by atoms with Gasteiger partial charge in [-0.15, -0.1) is 0 Å². The molecule has 2 aromatic rings. The van der Waals surface area contributed by atoms with Crippen molar-refractivity contribution in [2.75, 3.05) is 6.61 Å². The number of esters is 1. The number of carbonyl (C=O) groups is 1. The molecule has 0 heterocycles. The summed E-state index contributed by atoms with van der Waals surface area (Å²) in [5.74, 6) is -0.240. The zero-order valence-electron chi connectivity index (χ0n) is 13.6. The fourth-order valence-corrected chi connectivity index (χ4v) is 2.24. The monoisotopic (exact) mass is 312 g/mol. The second kappa shape index (κ2) is 9.80. The summed E-state index contributed by atoms with van der Waals surface area (Å²) in [6, 6.07) is 19.8. The van der Waals surface area contributed by atoms with Gasteiger partial charge in [0.25, 0.3) is 0 Å². The minimum atomic E-state index is -0.142. The second-order valence-corrected chi connectivity index (χ2v) is 5.67. The molecule has 2 aromatic carbocycles. The van der Waals surface area contributed by atoms with E-state index in [0.29, 0.717) is 19.8 Å². The van der Waals surface area contributed by atoms with Crippen LogP contribution in [0.3, 0.4) is 0 Å². The standard InChI is InChI=1S/C20H24O3/c1-17(20(21)23-16-19-12-6-3-7-13-19)9-8-14-22-15-18-10-4-2-5-11-18/h2-7,10-13,17H,8-9,14-16H2,1H3. The summed E-state index contributed by atoms with van der Waals surface area (Å²) < 4.78 is 11.0. The highest BCUT2D eigenvalue weighted by Gasteiger charge is 2.14. The Kier molecular flexibility index (Phi) is 7.34. The lowest BCUT2D eigenvalue weighted by atomic mass is 10.1. The largest absolute Gasteiger partial charge is 0.461 e. The molecule has 0 saturated carbocycles. The maximum absolute atomic E-state index is 11.9. The van der Waals surface area contributed by atoms with Crippen LogP contribution in [-0.2, 0) is 27.5 Å². The van der Waals surface area contributed by atoms with Gasteiger partial charge in [0.1, 0.15) is 6.61 Å². The molecule has 0 aromatic heterocycles. The van der Waals surface area contributed by atoms with E-state index >= 15 is 0 Å². The Labute approximate surface area is 138 Å². The Morgan fingerprint density at radius 2 is 1.48 bits per heavy atom. The number of carbonyl (C=O) groups excluding carboxylic acids is 1. The highest BCUT2D eigenvalue weighted by Crippen LogP contribution is 2.11. The van der Waals surface area contributed by atoms with Gasteiger partial charge in [-0.25, -0.2) is 0 Å². The average Bonchev–Trinajstić information content (AvgIpc) is 2.61. The minimum Gasteiger partial charge on any atom is -0.461 e. The molecule has 0 amide bonds. The van der Waals surface area contributed by atoms with E-state index < -0.39 is 0 Å². The summed E-state index contributed by atoms with van der Waals surface area (Å²) in [6.45, 7) is 3.53. The molecular weight excluding hydrogens is 288 g/mol. The first-order valence-electron chi connectivity index (χ1n) is 8.08. The SMILES string of the molecule is CC(CCCOCc1ccccc1)C(=O)OCc1ccccc1. The van der Waals surface area contributed by atoms with E-state index in [-0.39, 0.29) is 11.9 Å². The topological polar surface area (TPSA) is 35.5 Å². The molecule has 0 aliphatic heterocycles. The van der Waals surface area contributed by atoms with Crippen molar-refractivity contribution in [3.8, 4) is 0 Å². The van der Waals surface area contributed by atoms with Gasteiger partial charge < -0.3 is 9.47 Å². The fraction of sp³-hybridized carbons (Fsp3) is 0.350. The lowest BCUT2D eigenvalue weighted by Gasteiger charge is -2.11. The minimum absolute atomic E-state index is 0.0981. The van der Waals surface area contributed by atoms with Crippen LogP contribution in [0.1, 0.15) is 30.9 Å². The molecule has 0 spiro atoms. The van der Waals surface area contributed by atoms with Gasteiger partial charge in [-0.2, -0.15) is 0 Å². The second-order valence-electron chi connectivity index (χ2n) is 5.67. The molecule has 0 radical (unpaired) electrons. The third-order valence-corrected chi connectivity index (χ3v) is 3.66. The molecule has 1 unspecified atom stereocenters. The maximum Gasteiger partial charge on any atom is 0.308 e. The predicted molar refractivity (Wildman–Crippen MR) is 90.7 cm³/mol. The third-order valence-electron chi connectivity index (χ3n) is 3.66. The van der Waals surface area contributed by atoms with Gasteiger partial charge in [0, 0.05) is 6.61 Å². The van der Waals surface area contributed by atoms with E-state index in [9.17, 15) is 4.79 Å². The highest BCUT2D eigenvalue weighted by atomic mass is 16.5. The van der Waals surface area contributed by atoms with Gasteiger partial charge in [0.05, 0.1) is 12.5 Å². The average molecular weight is 312 g/mol. The van der Waals surface area contributed by atoms with Gasteiger partial charge in [0.2, 0.25) is 0 Å². The molecule has 3 heteroatoms. The molecule has 0 bridgehead atoms. The Morgan fingerprint density at radius 3 is 2.09 bits per heavy atom. The summed E-state index contributed by atoms with van der Waals surface area (Å²) in [7, 11) is 0. The molecule has 0 N–H and O–H groups in total. The Morgan fingerprint density at radius 1 is 0.913 bits per heavy atom. The van der Waals surface area contributed by atoms with Gasteiger partial charge >= 0.3 is 5.97 Å². The summed E-state index contributed by atoms with van der Waals surface area (Å²) in [5.41, 5.74) is 2.18. The Bertz CT molecular complexity index is 566. The van der Waals surface area contributed by atoms with Crippen LogP contribution in [0, 0.1) is 5.92 Å².